The minimum atomic E-state index is -0.0682. The summed E-state index contributed by atoms with van der Waals surface area (Å²) < 4.78 is 0. The topological polar surface area (TPSA) is 60.8 Å². The van der Waals surface area contributed by atoms with Crippen molar-refractivity contribution in [2.24, 2.45) is 0 Å². The molecule has 0 aromatic carbocycles. The van der Waals surface area contributed by atoms with Gasteiger partial charge < -0.3 is 15.1 Å². The predicted molar refractivity (Wildman–Crippen MR) is 55.3 cm³/mol. The van der Waals surface area contributed by atoms with E-state index < -0.39 is 0 Å². The van der Waals surface area contributed by atoms with E-state index in [1.807, 2.05) is 0 Å². The van der Waals surface area contributed by atoms with Crippen molar-refractivity contribution in [3.63, 3.8) is 0 Å². The molecule has 0 aromatic heterocycles. The molecule has 4 nitrogen and oxygen atoms in total. The van der Waals surface area contributed by atoms with E-state index in [-0.39, 0.29) is 19.1 Å². The van der Waals surface area contributed by atoms with E-state index >= 15 is 0 Å². The molecule has 5 heteroatoms. The van der Waals surface area contributed by atoms with Crippen molar-refractivity contribution in [1.82, 2.24) is 4.90 Å². The minimum absolute atomic E-state index is 0.0294. The van der Waals surface area contributed by atoms with E-state index in [1.54, 1.807) is 0 Å². The van der Waals surface area contributed by atoms with E-state index in [0.717, 1.165) is 12.8 Å². The number of aliphatic hydroxyl groups excluding tert-OH is 2. The highest BCUT2D eigenvalue weighted by Gasteiger charge is 2.11. The fraction of sp³-hybridized carbons (Fsp3) is 0.889. The van der Waals surface area contributed by atoms with Gasteiger partial charge in [-0.1, -0.05) is 0 Å². The fourth-order valence-corrected chi connectivity index (χ4v) is 1.32. The van der Waals surface area contributed by atoms with Gasteiger partial charge in [0, 0.05) is 25.4 Å². The maximum atomic E-state index is 11.5. The number of carbonyl (C=O) groups excluding carboxylic acids is 1. The van der Waals surface area contributed by atoms with E-state index in [4.69, 9.17) is 21.8 Å². The van der Waals surface area contributed by atoms with E-state index in [1.165, 1.54) is 4.90 Å². The normalized spacial score (nSPS) is 10.2. The van der Waals surface area contributed by atoms with Gasteiger partial charge in [-0.3, -0.25) is 4.79 Å². The summed E-state index contributed by atoms with van der Waals surface area (Å²) in [5.41, 5.74) is 0. The number of aliphatic hydroxyl groups is 2. The monoisotopic (exact) mass is 223 g/mol. The lowest BCUT2D eigenvalue weighted by Gasteiger charge is -2.20. The van der Waals surface area contributed by atoms with Crippen molar-refractivity contribution in [2.75, 3.05) is 32.2 Å². The molecular formula is C9H18ClNO3. The Morgan fingerprint density at radius 1 is 1.14 bits per heavy atom. The Labute approximate surface area is 89.5 Å². The number of carbonyl (C=O) groups is 1. The lowest BCUT2D eigenvalue weighted by molar-refractivity contribution is -0.132. The van der Waals surface area contributed by atoms with E-state index in [9.17, 15) is 4.79 Å². The molecule has 14 heavy (non-hydrogen) atoms. The summed E-state index contributed by atoms with van der Waals surface area (Å²) >= 11 is 5.48. The van der Waals surface area contributed by atoms with E-state index in [0.29, 0.717) is 25.4 Å². The molecule has 0 aliphatic heterocycles. The van der Waals surface area contributed by atoms with Crippen molar-refractivity contribution in [3.05, 3.63) is 0 Å². The SMILES string of the molecule is O=C(CCCCCl)N(CCO)CCO. The number of alkyl halides is 1. The summed E-state index contributed by atoms with van der Waals surface area (Å²) in [4.78, 5) is 12.9. The Hall–Kier alpha value is -0.320. The molecule has 0 saturated carbocycles. The third-order valence-corrected chi connectivity index (χ3v) is 2.13. The highest BCUT2D eigenvalue weighted by atomic mass is 35.5. The van der Waals surface area contributed by atoms with Crippen LogP contribution < -0.4 is 0 Å². The van der Waals surface area contributed by atoms with Gasteiger partial charge in [-0.05, 0) is 12.8 Å². The maximum absolute atomic E-state index is 11.5. The minimum Gasteiger partial charge on any atom is -0.395 e. The van der Waals surface area contributed by atoms with Gasteiger partial charge in [-0.25, -0.2) is 0 Å². The summed E-state index contributed by atoms with van der Waals surface area (Å²) in [6.45, 7) is 0.447. The molecule has 1 amide bonds. The van der Waals surface area contributed by atoms with Crippen LogP contribution in [-0.4, -0.2) is 53.2 Å². The maximum Gasteiger partial charge on any atom is 0.222 e. The Balaban J connectivity index is 3.76. The molecule has 0 spiro atoms. The first-order valence-electron chi connectivity index (χ1n) is 4.81. The number of nitrogens with zero attached hydrogens (tertiary/aromatic N) is 1. The van der Waals surface area contributed by atoms with Gasteiger partial charge in [0.1, 0.15) is 0 Å². The highest BCUT2D eigenvalue weighted by molar-refractivity contribution is 6.17. The largest absolute Gasteiger partial charge is 0.395 e. The average molecular weight is 224 g/mol. The van der Waals surface area contributed by atoms with Crippen LogP contribution in [0.15, 0.2) is 0 Å². The fourth-order valence-electron chi connectivity index (χ4n) is 1.13. The zero-order valence-electron chi connectivity index (χ0n) is 8.28. The van der Waals surface area contributed by atoms with Crippen LogP contribution in [0, 0.1) is 0 Å². The second kappa shape index (κ2) is 9.24. The standard InChI is InChI=1S/C9H18ClNO3/c10-4-2-1-3-9(14)11(5-7-12)6-8-13/h12-13H,1-8H2. The van der Waals surface area contributed by atoms with Crippen LogP contribution in [-0.2, 0) is 4.79 Å². The van der Waals surface area contributed by atoms with Crippen molar-refractivity contribution in [1.29, 1.82) is 0 Å². The zero-order valence-corrected chi connectivity index (χ0v) is 9.04. The number of amides is 1. The van der Waals surface area contributed by atoms with Crippen molar-refractivity contribution in [3.8, 4) is 0 Å². The molecule has 0 heterocycles. The van der Waals surface area contributed by atoms with Crippen LogP contribution in [0.2, 0.25) is 0 Å². The molecule has 0 atom stereocenters. The van der Waals surface area contributed by atoms with Crippen LogP contribution >= 0.6 is 11.6 Å². The molecule has 84 valence electrons. The van der Waals surface area contributed by atoms with Gasteiger partial charge in [0.2, 0.25) is 5.91 Å². The number of rotatable bonds is 8. The summed E-state index contributed by atoms with van der Waals surface area (Å²) in [5.74, 6) is 0.533. The summed E-state index contributed by atoms with van der Waals surface area (Å²) in [6.07, 6.45) is 2.02. The number of unbranched alkanes of at least 4 members (excludes halogenated alkanes) is 1. The number of hydrogen-bond donors (Lipinski definition) is 2. The molecule has 0 saturated heterocycles. The summed E-state index contributed by atoms with van der Waals surface area (Å²) in [6, 6.07) is 0. The van der Waals surface area contributed by atoms with Crippen molar-refractivity contribution in [2.45, 2.75) is 19.3 Å². The lowest BCUT2D eigenvalue weighted by Crippen LogP contribution is -2.35. The number of halogens is 1. The second-order valence-corrected chi connectivity index (χ2v) is 3.35. The lowest BCUT2D eigenvalue weighted by atomic mass is 10.2. The van der Waals surface area contributed by atoms with Gasteiger partial charge in [0.25, 0.3) is 0 Å². The third-order valence-electron chi connectivity index (χ3n) is 1.87. The zero-order chi connectivity index (χ0) is 10.8. The molecule has 0 aromatic rings. The van der Waals surface area contributed by atoms with Crippen LogP contribution in [0.3, 0.4) is 0 Å². The van der Waals surface area contributed by atoms with Crippen LogP contribution in [0.5, 0.6) is 0 Å². The molecular weight excluding hydrogens is 206 g/mol. The van der Waals surface area contributed by atoms with Crippen LogP contribution in [0.25, 0.3) is 0 Å². The predicted octanol–water partition coefficient (Wildman–Crippen LogP) is 0.209. The van der Waals surface area contributed by atoms with Gasteiger partial charge in [0.15, 0.2) is 0 Å². The van der Waals surface area contributed by atoms with Gasteiger partial charge in [-0.2, -0.15) is 0 Å². The molecule has 2 N–H and O–H groups in total. The quantitative estimate of drug-likeness (QED) is 0.457. The molecule has 0 rings (SSSR count). The van der Waals surface area contributed by atoms with Crippen molar-refractivity contribution < 1.29 is 15.0 Å². The van der Waals surface area contributed by atoms with Crippen LogP contribution in [0.4, 0.5) is 0 Å². The molecule has 0 aliphatic carbocycles. The van der Waals surface area contributed by atoms with Crippen LogP contribution in [0.1, 0.15) is 19.3 Å². The highest BCUT2D eigenvalue weighted by Crippen LogP contribution is 2.01. The molecule has 0 bridgehead atoms. The average Bonchev–Trinajstić information content (AvgIpc) is 2.18. The molecule has 0 unspecified atom stereocenters. The van der Waals surface area contributed by atoms with Gasteiger partial charge >= 0.3 is 0 Å². The first-order chi connectivity index (χ1) is 6.76. The molecule has 0 radical (unpaired) electrons. The van der Waals surface area contributed by atoms with Gasteiger partial charge in [-0.15, -0.1) is 11.6 Å². The second-order valence-electron chi connectivity index (χ2n) is 2.97. The molecule has 0 aliphatic rings. The Kier molecular flexibility index (Phi) is 9.03. The summed E-state index contributed by atoms with van der Waals surface area (Å²) in [5, 5.41) is 17.4. The van der Waals surface area contributed by atoms with Crippen molar-refractivity contribution >= 4 is 17.5 Å². The third kappa shape index (κ3) is 6.18. The van der Waals surface area contributed by atoms with Gasteiger partial charge in [0.05, 0.1) is 13.2 Å². The smallest absolute Gasteiger partial charge is 0.222 e. The molecule has 0 fully saturated rings. The summed E-state index contributed by atoms with van der Waals surface area (Å²) in [7, 11) is 0. The Morgan fingerprint density at radius 3 is 2.14 bits per heavy atom. The number of hydrogen-bond acceptors (Lipinski definition) is 3. The Bertz CT molecular complexity index is 149. The Morgan fingerprint density at radius 2 is 1.71 bits per heavy atom. The first kappa shape index (κ1) is 13.7. The van der Waals surface area contributed by atoms with E-state index in [2.05, 4.69) is 0 Å². The first-order valence-corrected chi connectivity index (χ1v) is 5.35.